The van der Waals surface area contributed by atoms with Gasteiger partial charge in [0, 0.05) is 11.5 Å². The molecule has 0 aromatic carbocycles. The fourth-order valence-corrected chi connectivity index (χ4v) is 3.29. The Balaban J connectivity index is 0.00000180. The number of alkyl halides is 1. The van der Waals surface area contributed by atoms with Crippen LogP contribution in [0.15, 0.2) is 0 Å². The average molecular weight is 299 g/mol. The maximum absolute atomic E-state index is 13.6. The molecule has 5 unspecified atom stereocenters. The standard InChI is InChI=1S/C9H12FNO6S.H2O/c1-18(15,16)17-8(14)3-2-4(10)5-6(7(12)13)9(3,5)11;/h3-6H,2,11H2,1H3,(H,12,13);1H2. The highest BCUT2D eigenvalue weighted by molar-refractivity contribution is 7.86. The van der Waals surface area contributed by atoms with Crippen molar-refractivity contribution in [3.05, 3.63) is 0 Å². The van der Waals surface area contributed by atoms with Crippen molar-refractivity contribution in [2.75, 3.05) is 6.26 Å². The van der Waals surface area contributed by atoms with Crippen LogP contribution in [-0.2, 0) is 23.9 Å². The van der Waals surface area contributed by atoms with Gasteiger partial charge in [0.05, 0.1) is 18.1 Å². The molecule has 0 spiro atoms. The van der Waals surface area contributed by atoms with Crippen molar-refractivity contribution in [2.45, 2.75) is 18.1 Å². The summed E-state index contributed by atoms with van der Waals surface area (Å²) in [6, 6.07) is 0. The highest BCUT2D eigenvalue weighted by Gasteiger charge is 2.78. The van der Waals surface area contributed by atoms with Crippen molar-refractivity contribution in [1.82, 2.24) is 0 Å². The first-order valence-corrected chi connectivity index (χ1v) is 6.99. The van der Waals surface area contributed by atoms with E-state index in [1.54, 1.807) is 0 Å². The third kappa shape index (κ3) is 2.30. The molecule has 2 aliphatic rings. The number of hydrogen-bond donors (Lipinski definition) is 2. The van der Waals surface area contributed by atoms with E-state index in [-0.39, 0.29) is 11.9 Å². The molecular formula is C9H14FNO7S. The van der Waals surface area contributed by atoms with E-state index in [1.165, 1.54) is 0 Å². The van der Waals surface area contributed by atoms with Crippen molar-refractivity contribution < 1.29 is 37.2 Å². The van der Waals surface area contributed by atoms with Crippen molar-refractivity contribution in [3.8, 4) is 0 Å². The van der Waals surface area contributed by atoms with Crippen LogP contribution in [-0.4, -0.2) is 48.9 Å². The maximum Gasteiger partial charge on any atom is 0.327 e. The number of carbonyl (C=O) groups excluding carboxylic acids is 1. The van der Waals surface area contributed by atoms with Crippen molar-refractivity contribution in [2.24, 2.45) is 23.5 Å². The fourth-order valence-electron chi connectivity index (χ4n) is 2.88. The van der Waals surface area contributed by atoms with Gasteiger partial charge in [-0.25, -0.2) is 4.39 Å². The number of fused-ring (bicyclic) bond motifs is 1. The summed E-state index contributed by atoms with van der Waals surface area (Å²) in [4.78, 5) is 22.4. The molecule has 10 heteroatoms. The Morgan fingerprint density at radius 1 is 1.47 bits per heavy atom. The lowest BCUT2D eigenvalue weighted by atomic mass is 9.95. The molecule has 2 aliphatic carbocycles. The summed E-state index contributed by atoms with van der Waals surface area (Å²) < 4.78 is 39.4. The Bertz CT molecular complexity index is 521. The molecule has 0 radical (unpaired) electrons. The lowest BCUT2D eigenvalue weighted by molar-refractivity contribution is -0.142. The molecule has 0 aromatic heterocycles. The Labute approximate surface area is 108 Å². The highest BCUT2D eigenvalue weighted by Crippen LogP contribution is 2.63. The topological polar surface area (TPSA) is 155 Å². The molecule has 2 rings (SSSR count). The second kappa shape index (κ2) is 4.39. The van der Waals surface area contributed by atoms with Crippen LogP contribution in [0.4, 0.5) is 4.39 Å². The second-order valence-electron chi connectivity index (χ2n) is 4.75. The normalized spacial score (nSPS) is 39.9. The van der Waals surface area contributed by atoms with Gasteiger partial charge in [0.15, 0.2) is 0 Å². The van der Waals surface area contributed by atoms with Gasteiger partial charge in [0.2, 0.25) is 0 Å². The van der Waals surface area contributed by atoms with Gasteiger partial charge in [-0.2, -0.15) is 8.42 Å². The van der Waals surface area contributed by atoms with Crippen LogP contribution in [0, 0.1) is 17.8 Å². The van der Waals surface area contributed by atoms with E-state index in [4.69, 9.17) is 10.8 Å². The number of halogens is 1. The predicted molar refractivity (Wildman–Crippen MR) is 59.1 cm³/mol. The lowest BCUT2D eigenvalue weighted by Crippen LogP contribution is -2.41. The molecule has 0 aliphatic heterocycles. The molecule has 5 N–H and O–H groups in total. The Kier molecular flexibility index (Phi) is 3.65. The quantitative estimate of drug-likeness (QED) is 0.573. The highest BCUT2D eigenvalue weighted by atomic mass is 32.2. The lowest BCUT2D eigenvalue weighted by Gasteiger charge is -2.18. The molecule has 110 valence electrons. The minimum absolute atomic E-state index is 0. The summed E-state index contributed by atoms with van der Waals surface area (Å²) in [5, 5.41) is 8.86. The zero-order valence-electron chi connectivity index (χ0n) is 9.87. The van der Waals surface area contributed by atoms with Crippen LogP contribution in [0.1, 0.15) is 6.42 Å². The minimum atomic E-state index is -4.02. The number of hydrogen-bond acceptors (Lipinski definition) is 6. The molecule has 2 fully saturated rings. The molecule has 19 heavy (non-hydrogen) atoms. The van der Waals surface area contributed by atoms with E-state index in [0.717, 1.165) is 0 Å². The van der Waals surface area contributed by atoms with Crippen LogP contribution in [0.5, 0.6) is 0 Å². The molecule has 0 saturated heterocycles. The number of rotatable bonds is 3. The summed E-state index contributed by atoms with van der Waals surface area (Å²) in [6.45, 7) is 0. The van der Waals surface area contributed by atoms with E-state index >= 15 is 0 Å². The Morgan fingerprint density at radius 3 is 2.37 bits per heavy atom. The summed E-state index contributed by atoms with van der Waals surface area (Å²) in [5.41, 5.74) is 4.20. The van der Waals surface area contributed by atoms with Gasteiger partial charge < -0.3 is 20.5 Å². The largest absolute Gasteiger partial charge is 0.481 e. The van der Waals surface area contributed by atoms with Crippen molar-refractivity contribution in [1.29, 1.82) is 0 Å². The first kappa shape index (κ1) is 15.8. The third-order valence-electron chi connectivity index (χ3n) is 3.60. The summed E-state index contributed by atoms with van der Waals surface area (Å²) in [7, 11) is -4.02. The summed E-state index contributed by atoms with van der Waals surface area (Å²) in [5.74, 6) is -5.84. The van der Waals surface area contributed by atoms with Crippen LogP contribution in [0.25, 0.3) is 0 Å². The molecule has 0 amide bonds. The van der Waals surface area contributed by atoms with Crippen LogP contribution in [0.3, 0.4) is 0 Å². The first-order valence-electron chi connectivity index (χ1n) is 5.18. The van der Waals surface area contributed by atoms with Gasteiger partial charge >= 0.3 is 22.1 Å². The van der Waals surface area contributed by atoms with Gasteiger partial charge in [0.1, 0.15) is 6.17 Å². The molecule has 5 atom stereocenters. The minimum Gasteiger partial charge on any atom is -0.481 e. The van der Waals surface area contributed by atoms with E-state index in [2.05, 4.69) is 4.18 Å². The monoisotopic (exact) mass is 299 g/mol. The first-order chi connectivity index (χ1) is 8.09. The third-order valence-corrected chi connectivity index (χ3v) is 4.07. The van der Waals surface area contributed by atoms with Gasteiger partial charge in [-0.3, -0.25) is 9.59 Å². The van der Waals surface area contributed by atoms with Gasteiger partial charge in [0.25, 0.3) is 0 Å². The van der Waals surface area contributed by atoms with Crippen LogP contribution >= 0.6 is 0 Å². The number of carbonyl (C=O) groups is 2. The van der Waals surface area contributed by atoms with Crippen molar-refractivity contribution in [3.63, 3.8) is 0 Å². The molecule has 0 heterocycles. The molecule has 2 saturated carbocycles. The zero-order chi connectivity index (χ0) is 13.9. The Morgan fingerprint density at radius 2 is 2.00 bits per heavy atom. The molecule has 0 bridgehead atoms. The second-order valence-corrected chi connectivity index (χ2v) is 6.33. The fraction of sp³-hybridized carbons (Fsp3) is 0.778. The maximum atomic E-state index is 13.6. The molecule has 8 nitrogen and oxygen atoms in total. The van der Waals surface area contributed by atoms with E-state index in [0.29, 0.717) is 6.26 Å². The number of carboxylic acid groups (broad SMARTS) is 1. The summed E-state index contributed by atoms with van der Waals surface area (Å²) >= 11 is 0. The smallest absolute Gasteiger partial charge is 0.327 e. The zero-order valence-corrected chi connectivity index (χ0v) is 10.7. The Hall–Kier alpha value is -1.26. The van der Waals surface area contributed by atoms with E-state index in [1.807, 2.05) is 0 Å². The number of carboxylic acids is 1. The number of aliphatic carboxylic acids is 1. The summed E-state index contributed by atoms with van der Waals surface area (Å²) in [6.07, 6.45) is -1.16. The predicted octanol–water partition coefficient (Wildman–Crippen LogP) is -1.95. The van der Waals surface area contributed by atoms with Crippen molar-refractivity contribution >= 4 is 22.1 Å². The number of nitrogens with two attached hydrogens (primary N) is 1. The van der Waals surface area contributed by atoms with Crippen LogP contribution < -0.4 is 5.73 Å². The SMILES string of the molecule is CS(=O)(=O)OC(=O)C1CC(F)C2C(C(=O)O)C12N.O. The molecular weight excluding hydrogens is 285 g/mol. The molecule has 0 aromatic rings. The van der Waals surface area contributed by atoms with Gasteiger partial charge in [-0.05, 0) is 6.42 Å². The van der Waals surface area contributed by atoms with Crippen LogP contribution in [0.2, 0.25) is 0 Å². The van der Waals surface area contributed by atoms with E-state index < -0.39 is 51.5 Å². The van der Waals surface area contributed by atoms with Gasteiger partial charge in [-0.15, -0.1) is 0 Å². The van der Waals surface area contributed by atoms with Gasteiger partial charge in [-0.1, -0.05) is 0 Å². The average Bonchev–Trinajstić information content (AvgIpc) is 2.71. The van der Waals surface area contributed by atoms with E-state index in [9.17, 15) is 22.4 Å².